The first-order valence-electron chi connectivity index (χ1n) is 2.48. The van der Waals surface area contributed by atoms with E-state index in [-0.39, 0.29) is 0 Å². The van der Waals surface area contributed by atoms with Crippen molar-refractivity contribution in [1.82, 2.24) is 19.6 Å². The second kappa shape index (κ2) is 1.51. The van der Waals surface area contributed by atoms with Crippen LogP contribution in [0.25, 0.3) is 5.65 Å². The van der Waals surface area contributed by atoms with E-state index in [1.54, 1.807) is 16.9 Å². The van der Waals surface area contributed by atoms with Gasteiger partial charge in [0.1, 0.15) is 6.33 Å². The number of imidazole rings is 1. The Balaban J connectivity index is 2.95. The van der Waals surface area contributed by atoms with E-state index in [2.05, 4.69) is 21.4 Å². The summed E-state index contributed by atoms with van der Waals surface area (Å²) in [5.41, 5.74) is 0.720. The van der Waals surface area contributed by atoms with Crippen molar-refractivity contribution < 1.29 is 0 Å². The molecule has 0 fully saturated rings. The van der Waals surface area contributed by atoms with Crippen molar-refractivity contribution in [3.63, 3.8) is 0 Å². The minimum atomic E-state index is 0.720. The van der Waals surface area contributed by atoms with E-state index < -0.39 is 0 Å². The predicted octanol–water partition coefficient (Wildman–Crippen LogP) is -0.0755. The molecule has 1 radical (unpaired) electrons. The maximum absolute atomic E-state index is 3.83. The topological polar surface area (TPSA) is 43.1 Å². The van der Waals surface area contributed by atoms with Crippen molar-refractivity contribution in [2.75, 3.05) is 0 Å². The zero-order chi connectivity index (χ0) is 6.10. The monoisotopic (exact) mass is 119 g/mol. The lowest BCUT2D eigenvalue weighted by Crippen LogP contribution is -1.86. The van der Waals surface area contributed by atoms with Gasteiger partial charge in [0.15, 0.2) is 5.65 Å². The molecule has 2 rings (SSSR count). The molecule has 4 nitrogen and oxygen atoms in total. The lowest BCUT2D eigenvalue weighted by molar-refractivity contribution is 0.973. The van der Waals surface area contributed by atoms with Gasteiger partial charge in [0, 0.05) is 0 Å². The summed E-state index contributed by atoms with van der Waals surface area (Å²) in [6.45, 7) is 0. The normalized spacial score (nSPS) is 10.2. The summed E-state index contributed by atoms with van der Waals surface area (Å²) in [5.74, 6) is 0. The first-order valence-corrected chi connectivity index (χ1v) is 2.48. The van der Waals surface area contributed by atoms with Gasteiger partial charge < -0.3 is 0 Å². The van der Waals surface area contributed by atoms with Gasteiger partial charge in [-0.15, -0.1) is 5.10 Å². The number of fused-ring (bicyclic) bond motifs is 1. The Labute approximate surface area is 51.2 Å². The zero-order valence-corrected chi connectivity index (χ0v) is 4.52. The zero-order valence-electron chi connectivity index (χ0n) is 4.52. The summed E-state index contributed by atoms with van der Waals surface area (Å²) in [7, 11) is 0. The van der Waals surface area contributed by atoms with Crippen molar-refractivity contribution in [2.24, 2.45) is 0 Å². The van der Waals surface area contributed by atoms with Crippen LogP contribution < -0.4 is 0 Å². The average molecular weight is 119 g/mol. The quantitative estimate of drug-likeness (QED) is 0.487. The summed E-state index contributed by atoms with van der Waals surface area (Å²) in [4.78, 5) is 3.83. The third-order valence-corrected chi connectivity index (χ3v) is 1.03. The summed E-state index contributed by atoms with van der Waals surface area (Å²) in [6, 6.07) is 0. The van der Waals surface area contributed by atoms with Gasteiger partial charge in [-0.25, -0.2) is 4.98 Å². The molecule has 9 heavy (non-hydrogen) atoms. The Morgan fingerprint density at radius 2 is 2.56 bits per heavy atom. The standard InChI is InChI=1S/C5H3N4/c1-2-9-4-6-3-5(9)8-7-1/h1,3-4H. The van der Waals surface area contributed by atoms with E-state index in [1.807, 2.05) is 0 Å². The highest BCUT2D eigenvalue weighted by Crippen LogP contribution is 1.90. The van der Waals surface area contributed by atoms with Crippen LogP contribution in [0.1, 0.15) is 0 Å². The SMILES string of the molecule is [c]1cnnc2cncn12. The molecular formula is C5H3N4. The smallest absolute Gasteiger partial charge is 0.179 e. The van der Waals surface area contributed by atoms with E-state index in [9.17, 15) is 0 Å². The fourth-order valence-corrected chi connectivity index (χ4v) is 0.638. The van der Waals surface area contributed by atoms with E-state index >= 15 is 0 Å². The molecule has 0 saturated carbocycles. The Kier molecular flexibility index (Phi) is 0.745. The Morgan fingerprint density at radius 1 is 1.56 bits per heavy atom. The minimum Gasteiger partial charge on any atom is -0.279 e. The third-order valence-electron chi connectivity index (χ3n) is 1.03. The molecule has 0 aliphatic rings. The molecule has 2 aromatic heterocycles. The Hall–Kier alpha value is -1.45. The summed E-state index contributed by atoms with van der Waals surface area (Å²) >= 11 is 0. The maximum Gasteiger partial charge on any atom is 0.179 e. The van der Waals surface area contributed by atoms with Crippen LogP contribution in [0.5, 0.6) is 0 Å². The summed E-state index contributed by atoms with van der Waals surface area (Å²) in [6.07, 6.45) is 7.56. The number of rotatable bonds is 0. The molecule has 0 aliphatic heterocycles. The minimum absolute atomic E-state index is 0.720. The maximum atomic E-state index is 3.83. The van der Waals surface area contributed by atoms with Crippen molar-refractivity contribution >= 4 is 5.65 Å². The largest absolute Gasteiger partial charge is 0.279 e. The molecule has 0 bridgehead atoms. The van der Waals surface area contributed by atoms with Crippen LogP contribution in [0.2, 0.25) is 0 Å². The number of hydrogen-bond donors (Lipinski definition) is 0. The van der Waals surface area contributed by atoms with Crippen LogP contribution in [-0.4, -0.2) is 19.6 Å². The molecule has 0 spiro atoms. The molecule has 0 atom stereocenters. The molecule has 0 saturated heterocycles. The van der Waals surface area contributed by atoms with Crippen LogP contribution in [0, 0.1) is 6.20 Å². The fraction of sp³-hybridized carbons (Fsp3) is 0. The molecule has 0 aromatic carbocycles. The first-order chi connectivity index (χ1) is 4.47. The van der Waals surface area contributed by atoms with Crippen LogP contribution >= 0.6 is 0 Å². The number of aromatic nitrogens is 4. The van der Waals surface area contributed by atoms with Crippen LogP contribution in [0.4, 0.5) is 0 Å². The average Bonchev–Trinajstić information content (AvgIpc) is 2.33. The van der Waals surface area contributed by atoms with Gasteiger partial charge in [-0.3, -0.25) is 4.40 Å². The highest BCUT2D eigenvalue weighted by atomic mass is 15.2. The lowest BCUT2D eigenvalue weighted by atomic mass is 10.8. The van der Waals surface area contributed by atoms with E-state index in [4.69, 9.17) is 0 Å². The van der Waals surface area contributed by atoms with Crippen molar-refractivity contribution in [1.29, 1.82) is 0 Å². The van der Waals surface area contributed by atoms with Gasteiger partial charge in [0.25, 0.3) is 0 Å². The fourth-order valence-electron chi connectivity index (χ4n) is 0.638. The number of hydrogen-bond acceptors (Lipinski definition) is 3. The van der Waals surface area contributed by atoms with Gasteiger partial charge in [0.05, 0.1) is 18.6 Å². The highest BCUT2D eigenvalue weighted by Gasteiger charge is 1.88. The molecule has 43 valence electrons. The molecule has 0 amide bonds. The Bertz CT molecular complexity index is 283. The van der Waals surface area contributed by atoms with Gasteiger partial charge >= 0.3 is 0 Å². The molecule has 2 aromatic rings. The van der Waals surface area contributed by atoms with E-state index in [0.29, 0.717) is 0 Å². The van der Waals surface area contributed by atoms with Gasteiger partial charge in [-0.05, 0) is 0 Å². The summed E-state index contributed by atoms with van der Waals surface area (Å²) < 4.78 is 1.67. The lowest BCUT2D eigenvalue weighted by Gasteiger charge is -1.83. The second-order valence-corrected chi connectivity index (χ2v) is 1.60. The Morgan fingerprint density at radius 3 is 3.44 bits per heavy atom. The third kappa shape index (κ3) is 0.561. The van der Waals surface area contributed by atoms with Crippen LogP contribution in [0.15, 0.2) is 18.7 Å². The van der Waals surface area contributed by atoms with Gasteiger partial charge in [-0.1, -0.05) is 0 Å². The van der Waals surface area contributed by atoms with Crippen LogP contribution in [0.3, 0.4) is 0 Å². The number of nitrogens with zero attached hydrogens (tertiary/aromatic N) is 4. The molecule has 0 N–H and O–H groups in total. The molecule has 0 unspecified atom stereocenters. The van der Waals surface area contributed by atoms with Gasteiger partial charge in [-0.2, -0.15) is 5.10 Å². The van der Waals surface area contributed by atoms with Crippen LogP contribution in [-0.2, 0) is 0 Å². The molecule has 4 heteroatoms. The summed E-state index contributed by atoms with van der Waals surface area (Å²) in [5, 5.41) is 7.38. The molecule has 0 aliphatic carbocycles. The molecule has 2 heterocycles. The second-order valence-electron chi connectivity index (χ2n) is 1.60. The van der Waals surface area contributed by atoms with E-state index in [1.165, 1.54) is 6.20 Å². The predicted molar refractivity (Wildman–Crippen MR) is 29.6 cm³/mol. The van der Waals surface area contributed by atoms with Crippen molar-refractivity contribution in [2.45, 2.75) is 0 Å². The van der Waals surface area contributed by atoms with E-state index in [0.717, 1.165) is 5.65 Å². The van der Waals surface area contributed by atoms with Crippen molar-refractivity contribution in [3.8, 4) is 0 Å². The van der Waals surface area contributed by atoms with Crippen molar-refractivity contribution in [3.05, 3.63) is 24.9 Å². The first kappa shape index (κ1) is 4.43. The van der Waals surface area contributed by atoms with Gasteiger partial charge in [0.2, 0.25) is 0 Å². The molecular weight excluding hydrogens is 116 g/mol. The highest BCUT2D eigenvalue weighted by molar-refractivity contribution is 5.31.